The Kier molecular flexibility index (Phi) is 4.34. The van der Waals surface area contributed by atoms with Crippen molar-refractivity contribution < 1.29 is 9.47 Å². The lowest BCUT2D eigenvalue weighted by molar-refractivity contribution is 0.0237. The molecule has 0 amide bonds. The molecule has 0 aromatic carbocycles. The molecule has 0 saturated carbocycles. The largest absolute Gasteiger partial charge is 0.474 e. The molecule has 0 aliphatic carbocycles. The normalized spacial score (nSPS) is 17.1. The number of nitrogens with one attached hydrogen (secondary N) is 1. The molecule has 0 atom stereocenters. The second kappa shape index (κ2) is 5.98. The van der Waals surface area contributed by atoms with Crippen LogP contribution in [0.4, 0.5) is 0 Å². The van der Waals surface area contributed by atoms with Gasteiger partial charge in [0.2, 0.25) is 5.88 Å². The molecule has 4 nitrogen and oxygen atoms in total. The average molecular weight is 236 g/mol. The molecule has 0 spiro atoms. The van der Waals surface area contributed by atoms with E-state index in [-0.39, 0.29) is 6.10 Å². The monoisotopic (exact) mass is 236 g/mol. The van der Waals surface area contributed by atoms with E-state index >= 15 is 0 Å². The fourth-order valence-electron chi connectivity index (χ4n) is 1.97. The van der Waals surface area contributed by atoms with E-state index in [4.69, 9.17) is 9.47 Å². The Morgan fingerprint density at radius 1 is 1.41 bits per heavy atom. The molecule has 17 heavy (non-hydrogen) atoms. The highest BCUT2D eigenvalue weighted by atomic mass is 16.5. The molecule has 0 radical (unpaired) electrons. The Morgan fingerprint density at radius 2 is 2.18 bits per heavy atom. The second-order valence-corrected chi connectivity index (χ2v) is 4.35. The third kappa shape index (κ3) is 3.41. The van der Waals surface area contributed by atoms with Crippen molar-refractivity contribution in [1.29, 1.82) is 0 Å². The van der Waals surface area contributed by atoms with Gasteiger partial charge in [0.1, 0.15) is 6.10 Å². The molecule has 0 unspecified atom stereocenters. The van der Waals surface area contributed by atoms with Crippen molar-refractivity contribution in [2.45, 2.75) is 32.4 Å². The summed E-state index contributed by atoms with van der Waals surface area (Å²) in [6.45, 7) is 4.45. The highest BCUT2D eigenvalue weighted by Crippen LogP contribution is 2.17. The van der Waals surface area contributed by atoms with Crippen LogP contribution in [0.2, 0.25) is 0 Å². The van der Waals surface area contributed by atoms with Crippen LogP contribution in [-0.2, 0) is 11.3 Å². The predicted molar refractivity (Wildman–Crippen MR) is 66.2 cm³/mol. The van der Waals surface area contributed by atoms with Gasteiger partial charge in [0, 0.05) is 31.1 Å². The standard InChI is InChI=1S/C13H20N2O2/c1-10-11(9-14-2)3-4-13(15-10)17-12-5-7-16-8-6-12/h3-4,12,14H,5-9H2,1-2H3. The predicted octanol–water partition coefficient (Wildman–Crippen LogP) is 1.67. The molecule has 1 N–H and O–H groups in total. The van der Waals surface area contributed by atoms with Crippen LogP contribution in [0.25, 0.3) is 0 Å². The van der Waals surface area contributed by atoms with Gasteiger partial charge in [0.05, 0.1) is 13.2 Å². The number of aryl methyl sites for hydroxylation is 1. The first-order valence-corrected chi connectivity index (χ1v) is 6.15. The molecule has 2 rings (SSSR count). The van der Waals surface area contributed by atoms with Crippen LogP contribution in [0.1, 0.15) is 24.1 Å². The summed E-state index contributed by atoms with van der Waals surface area (Å²) in [6.07, 6.45) is 2.17. The summed E-state index contributed by atoms with van der Waals surface area (Å²) in [5.74, 6) is 0.731. The molecule has 4 heteroatoms. The van der Waals surface area contributed by atoms with E-state index in [0.29, 0.717) is 0 Å². The molecular weight excluding hydrogens is 216 g/mol. The first-order valence-electron chi connectivity index (χ1n) is 6.15. The minimum atomic E-state index is 0.255. The summed E-state index contributed by atoms with van der Waals surface area (Å²) < 4.78 is 11.2. The number of rotatable bonds is 4. The second-order valence-electron chi connectivity index (χ2n) is 4.35. The Labute approximate surface area is 102 Å². The van der Waals surface area contributed by atoms with Crippen molar-refractivity contribution in [2.24, 2.45) is 0 Å². The van der Waals surface area contributed by atoms with Crippen molar-refractivity contribution in [1.82, 2.24) is 10.3 Å². The number of pyridine rings is 1. The molecule has 1 aliphatic rings. The number of nitrogens with zero attached hydrogens (tertiary/aromatic N) is 1. The summed E-state index contributed by atoms with van der Waals surface area (Å²) in [4.78, 5) is 4.48. The van der Waals surface area contributed by atoms with Gasteiger partial charge in [-0.1, -0.05) is 6.07 Å². The van der Waals surface area contributed by atoms with Gasteiger partial charge in [0.25, 0.3) is 0 Å². The highest BCUT2D eigenvalue weighted by molar-refractivity contribution is 5.25. The molecule has 1 aromatic heterocycles. The van der Waals surface area contributed by atoms with E-state index in [1.54, 1.807) is 0 Å². The van der Waals surface area contributed by atoms with Crippen LogP contribution in [-0.4, -0.2) is 31.3 Å². The summed E-state index contributed by atoms with van der Waals surface area (Å²) in [5, 5.41) is 3.13. The van der Waals surface area contributed by atoms with Crippen LogP contribution in [0.15, 0.2) is 12.1 Å². The summed E-state index contributed by atoms with van der Waals surface area (Å²) >= 11 is 0. The van der Waals surface area contributed by atoms with E-state index in [1.807, 2.05) is 20.0 Å². The lowest BCUT2D eigenvalue weighted by Crippen LogP contribution is -2.26. The Balaban J connectivity index is 1.98. The van der Waals surface area contributed by atoms with E-state index in [9.17, 15) is 0 Å². The molecule has 1 saturated heterocycles. The highest BCUT2D eigenvalue weighted by Gasteiger charge is 2.16. The van der Waals surface area contributed by atoms with Crippen LogP contribution in [0.5, 0.6) is 5.88 Å². The lowest BCUT2D eigenvalue weighted by Gasteiger charge is -2.23. The number of hydrogen-bond donors (Lipinski definition) is 1. The Hall–Kier alpha value is -1.13. The zero-order valence-corrected chi connectivity index (χ0v) is 10.5. The van der Waals surface area contributed by atoms with Crippen molar-refractivity contribution in [3.63, 3.8) is 0 Å². The lowest BCUT2D eigenvalue weighted by atomic mass is 10.1. The van der Waals surface area contributed by atoms with E-state index in [2.05, 4.69) is 16.4 Å². The van der Waals surface area contributed by atoms with Crippen molar-refractivity contribution >= 4 is 0 Å². The molecular formula is C13H20N2O2. The molecule has 0 bridgehead atoms. The zero-order chi connectivity index (χ0) is 12.1. The SMILES string of the molecule is CNCc1ccc(OC2CCOCC2)nc1C. The number of ether oxygens (including phenoxy) is 2. The minimum Gasteiger partial charge on any atom is -0.474 e. The van der Waals surface area contributed by atoms with Gasteiger partial charge in [-0.25, -0.2) is 4.98 Å². The van der Waals surface area contributed by atoms with E-state index in [1.165, 1.54) is 5.56 Å². The van der Waals surface area contributed by atoms with Crippen LogP contribution < -0.4 is 10.1 Å². The Bertz CT molecular complexity index is 362. The summed E-state index contributed by atoms with van der Waals surface area (Å²) in [7, 11) is 1.94. The minimum absolute atomic E-state index is 0.255. The van der Waals surface area contributed by atoms with Crippen LogP contribution >= 0.6 is 0 Å². The molecule has 1 aromatic rings. The summed E-state index contributed by atoms with van der Waals surface area (Å²) in [5.41, 5.74) is 2.25. The van der Waals surface area contributed by atoms with E-state index in [0.717, 1.165) is 44.2 Å². The number of hydrogen-bond acceptors (Lipinski definition) is 4. The van der Waals surface area contributed by atoms with Gasteiger partial charge in [-0.15, -0.1) is 0 Å². The quantitative estimate of drug-likeness (QED) is 0.863. The molecule has 94 valence electrons. The Morgan fingerprint density at radius 3 is 2.82 bits per heavy atom. The third-order valence-corrected chi connectivity index (χ3v) is 2.99. The van der Waals surface area contributed by atoms with Crippen LogP contribution in [0.3, 0.4) is 0 Å². The van der Waals surface area contributed by atoms with Crippen molar-refractivity contribution in [2.75, 3.05) is 20.3 Å². The maximum absolute atomic E-state index is 5.86. The van der Waals surface area contributed by atoms with Crippen molar-refractivity contribution in [3.8, 4) is 5.88 Å². The topological polar surface area (TPSA) is 43.4 Å². The molecule has 2 heterocycles. The third-order valence-electron chi connectivity index (χ3n) is 2.99. The average Bonchev–Trinajstić information content (AvgIpc) is 2.34. The van der Waals surface area contributed by atoms with Crippen molar-refractivity contribution in [3.05, 3.63) is 23.4 Å². The van der Waals surface area contributed by atoms with Gasteiger partial charge < -0.3 is 14.8 Å². The fraction of sp³-hybridized carbons (Fsp3) is 0.615. The first kappa shape index (κ1) is 12.3. The van der Waals surface area contributed by atoms with E-state index < -0.39 is 0 Å². The van der Waals surface area contributed by atoms with Gasteiger partial charge >= 0.3 is 0 Å². The maximum atomic E-state index is 5.86. The first-order chi connectivity index (χ1) is 8.29. The fourth-order valence-corrected chi connectivity index (χ4v) is 1.97. The van der Waals surface area contributed by atoms with Gasteiger partial charge in [-0.05, 0) is 19.5 Å². The number of aromatic nitrogens is 1. The smallest absolute Gasteiger partial charge is 0.213 e. The van der Waals surface area contributed by atoms with Crippen LogP contribution in [0, 0.1) is 6.92 Å². The molecule has 1 aliphatic heterocycles. The molecule has 1 fully saturated rings. The van der Waals surface area contributed by atoms with Gasteiger partial charge in [-0.2, -0.15) is 0 Å². The zero-order valence-electron chi connectivity index (χ0n) is 10.5. The maximum Gasteiger partial charge on any atom is 0.213 e. The van der Waals surface area contributed by atoms with Gasteiger partial charge in [0.15, 0.2) is 0 Å². The summed E-state index contributed by atoms with van der Waals surface area (Å²) in [6, 6.07) is 4.03. The van der Waals surface area contributed by atoms with Gasteiger partial charge in [-0.3, -0.25) is 0 Å².